The lowest BCUT2D eigenvalue weighted by molar-refractivity contribution is -0.377. The molecule has 0 unspecified atom stereocenters. The summed E-state index contributed by atoms with van der Waals surface area (Å²) in [6.45, 7) is 5.09. The van der Waals surface area contributed by atoms with Crippen molar-refractivity contribution in [1.82, 2.24) is 0 Å². The lowest BCUT2D eigenvalue weighted by Crippen LogP contribution is -2.63. The zero-order valence-electron chi connectivity index (χ0n) is 21.0. The molecule has 0 aliphatic carbocycles. The van der Waals surface area contributed by atoms with E-state index in [4.69, 9.17) is 23.7 Å². The van der Waals surface area contributed by atoms with Gasteiger partial charge in [-0.05, 0) is 12.8 Å². The third kappa shape index (κ3) is 9.42. The summed E-state index contributed by atoms with van der Waals surface area (Å²) in [6.07, 6.45) is -6.02. The molecule has 2 rings (SSSR count). The maximum absolute atomic E-state index is 10.4. The zero-order chi connectivity index (χ0) is 25.8. The van der Waals surface area contributed by atoms with Crippen molar-refractivity contribution in [2.45, 2.75) is 127 Å². The first-order valence-electron chi connectivity index (χ1n) is 13.0. The molecule has 2 heterocycles. The first-order valence-corrected chi connectivity index (χ1v) is 13.0. The largest absolute Gasteiger partial charge is 0.387 e. The van der Waals surface area contributed by atoms with Gasteiger partial charge in [-0.25, -0.2) is 0 Å². The molecule has 0 amide bonds. The molecule has 6 N–H and O–H groups in total. The number of hydrogen-bond donors (Lipinski definition) is 6. The van der Waals surface area contributed by atoms with Gasteiger partial charge in [0.2, 0.25) is 0 Å². The van der Waals surface area contributed by atoms with Crippen molar-refractivity contribution in [3.8, 4) is 0 Å². The van der Waals surface area contributed by atoms with Crippen molar-refractivity contribution < 1.29 is 54.3 Å². The Morgan fingerprint density at radius 3 is 1.29 bits per heavy atom. The quantitative estimate of drug-likeness (QED) is 0.152. The molecule has 11 nitrogen and oxygen atoms in total. The fourth-order valence-electron chi connectivity index (χ4n) is 4.13. The van der Waals surface area contributed by atoms with Gasteiger partial charge in [-0.15, -0.1) is 0 Å². The van der Waals surface area contributed by atoms with Crippen molar-refractivity contribution in [2.75, 3.05) is 26.4 Å². The molecule has 2 fully saturated rings. The molecule has 0 aromatic rings. The SMILES string of the molecule is CCCCCCOC[C@H]1O[C@H](O[C@H]2O[C@H](COCCCCCC)[C@@H](O)[C@H](O)[C@H]2O)[C@H](O)[C@@H](O)[C@@H]1O. The fourth-order valence-corrected chi connectivity index (χ4v) is 4.13. The number of hydrogen-bond acceptors (Lipinski definition) is 11. The summed E-state index contributed by atoms with van der Waals surface area (Å²) < 4.78 is 27.9. The third-order valence-corrected chi connectivity index (χ3v) is 6.45. The Labute approximate surface area is 207 Å². The molecule has 10 atom stereocenters. The highest BCUT2D eigenvalue weighted by atomic mass is 16.8. The van der Waals surface area contributed by atoms with Crippen LogP contribution in [0.1, 0.15) is 65.2 Å². The lowest BCUT2D eigenvalue weighted by Gasteiger charge is -2.45. The predicted octanol–water partition coefficient (Wildman–Crippen LogP) is -0.188. The first kappa shape index (κ1) is 30.8. The second-order valence-corrected chi connectivity index (χ2v) is 9.44. The molecule has 11 heteroatoms. The Kier molecular flexibility index (Phi) is 14.4. The number of ether oxygens (including phenoxy) is 5. The van der Waals surface area contributed by atoms with Crippen LogP contribution in [0.5, 0.6) is 0 Å². The predicted molar refractivity (Wildman–Crippen MR) is 124 cm³/mol. The second kappa shape index (κ2) is 16.4. The van der Waals surface area contributed by atoms with E-state index in [1.807, 2.05) is 0 Å². The van der Waals surface area contributed by atoms with Crippen molar-refractivity contribution in [3.63, 3.8) is 0 Å². The average molecular weight is 511 g/mol. The zero-order valence-corrected chi connectivity index (χ0v) is 21.0. The molecule has 0 radical (unpaired) electrons. The van der Waals surface area contributed by atoms with Crippen LogP contribution in [0.15, 0.2) is 0 Å². The van der Waals surface area contributed by atoms with Crippen LogP contribution in [0.4, 0.5) is 0 Å². The summed E-state index contributed by atoms with van der Waals surface area (Å²) in [4.78, 5) is 0. The normalized spacial score (nSPS) is 38.1. The smallest absolute Gasteiger partial charge is 0.189 e. The molecule has 208 valence electrons. The highest BCUT2D eigenvalue weighted by Gasteiger charge is 2.49. The lowest BCUT2D eigenvalue weighted by atomic mass is 9.98. The van der Waals surface area contributed by atoms with E-state index in [9.17, 15) is 30.6 Å². The monoisotopic (exact) mass is 510 g/mol. The maximum Gasteiger partial charge on any atom is 0.189 e. The van der Waals surface area contributed by atoms with E-state index in [2.05, 4.69) is 13.8 Å². The van der Waals surface area contributed by atoms with Crippen LogP contribution in [0.25, 0.3) is 0 Å². The van der Waals surface area contributed by atoms with Crippen molar-refractivity contribution >= 4 is 0 Å². The molecule has 0 bridgehead atoms. The first-order chi connectivity index (χ1) is 16.8. The minimum Gasteiger partial charge on any atom is -0.387 e. The topological polar surface area (TPSA) is 168 Å². The van der Waals surface area contributed by atoms with Gasteiger partial charge >= 0.3 is 0 Å². The second-order valence-electron chi connectivity index (χ2n) is 9.44. The van der Waals surface area contributed by atoms with E-state index in [1.165, 1.54) is 0 Å². The summed E-state index contributed by atoms with van der Waals surface area (Å²) in [6, 6.07) is 0. The molecule has 2 aliphatic heterocycles. The van der Waals surface area contributed by atoms with Gasteiger partial charge in [0.25, 0.3) is 0 Å². The van der Waals surface area contributed by atoms with Crippen LogP contribution in [-0.2, 0) is 23.7 Å². The van der Waals surface area contributed by atoms with Gasteiger partial charge in [-0.2, -0.15) is 0 Å². The highest BCUT2D eigenvalue weighted by Crippen LogP contribution is 2.28. The van der Waals surface area contributed by atoms with Gasteiger partial charge in [0.1, 0.15) is 48.8 Å². The summed E-state index contributed by atoms with van der Waals surface area (Å²) in [5.74, 6) is 0. The minimum atomic E-state index is -1.64. The van der Waals surface area contributed by atoms with E-state index < -0.39 is 61.4 Å². The molecular weight excluding hydrogens is 464 g/mol. The van der Waals surface area contributed by atoms with Gasteiger partial charge in [-0.3, -0.25) is 0 Å². The number of aliphatic hydroxyl groups excluding tert-OH is 6. The van der Waals surface area contributed by atoms with E-state index >= 15 is 0 Å². The Morgan fingerprint density at radius 2 is 0.914 bits per heavy atom. The summed E-state index contributed by atoms with van der Waals surface area (Å²) in [5.41, 5.74) is 0. The Balaban J connectivity index is 1.89. The molecule has 2 saturated heterocycles. The van der Waals surface area contributed by atoms with Crippen LogP contribution < -0.4 is 0 Å². The van der Waals surface area contributed by atoms with Crippen molar-refractivity contribution in [2.24, 2.45) is 0 Å². The fraction of sp³-hybridized carbons (Fsp3) is 1.00. The molecule has 0 aromatic heterocycles. The van der Waals surface area contributed by atoms with Gasteiger partial charge in [-0.1, -0.05) is 52.4 Å². The standard InChI is InChI=1S/C24H46O11/c1-3-5-7-9-11-31-13-15-17(25)19(27)21(29)23(33-15)35-24-22(30)20(28)18(26)16(34-24)14-32-12-10-8-6-4-2/h15-30H,3-14H2,1-2H3/t15-,16-,17-,18-,19+,20+,21-,22-,23-,24-/m1/s1. The average Bonchev–Trinajstić information content (AvgIpc) is 2.85. The molecule has 35 heavy (non-hydrogen) atoms. The molecule has 2 aliphatic rings. The minimum absolute atomic E-state index is 0.0269. The van der Waals surface area contributed by atoms with Gasteiger partial charge in [0, 0.05) is 13.2 Å². The third-order valence-electron chi connectivity index (χ3n) is 6.45. The van der Waals surface area contributed by atoms with Gasteiger partial charge in [0.15, 0.2) is 12.6 Å². The van der Waals surface area contributed by atoms with Crippen LogP contribution in [0, 0.1) is 0 Å². The summed E-state index contributed by atoms with van der Waals surface area (Å²) >= 11 is 0. The van der Waals surface area contributed by atoms with Crippen LogP contribution in [0.3, 0.4) is 0 Å². The Hall–Kier alpha value is -0.440. The number of aliphatic hydroxyl groups is 6. The van der Waals surface area contributed by atoms with E-state index in [-0.39, 0.29) is 13.2 Å². The summed E-state index contributed by atoms with van der Waals surface area (Å²) in [7, 11) is 0. The van der Waals surface area contributed by atoms with Gasteiger partial charge < -0.3 is 54.3 Å². The van der Waals surface area contributed by atoms with Crippen molar-refractivity contribution in [1.29, 1.82) is 0 Å². The Morgan fingerprint density at radius 1 is 0.514 bits per heavy atom. The van der Waals surface area contributed by atoms with E-state index in [0.717, 1.165) is 51.4 Å². The highest BCUT2D eigenvalue weighted by molar-refractivity contribution is 4.92. The van der Waals surface area contributed by atoms with Crippen LogP contribution >= 0.6 is 0 Å². The number of rotatable bonds is 16. The summed E-state index contributed by atoms with van der Waals surface area (Å²) in [5, 5.41) is 61.8. The molecular formula is C24H46O11. The van der Waals surface area contributed by atoms with E-state index in [1.54, 1.807) is 0 Å². The molecule has 0 spiro atoms. The van der Waals surface area contributed by atoms with Crippen LogP contribution in [0.2, 0.25) is 0 Å². The van der Waals surface area contributed by atoms with Crippen LogP contribution in [-0.4, -0.2) is 118 Å². The molecule has 0 saturated carbocycles. The maximum atomic E-state index is 10.4. The van der Waals surface area contributed by atoms with E-state index in [0.29, 0.717) is 13.2 Å². The number of unbranched alkanes of at least 4 members (excludes halogenated alkanes) is 6. The van der Waals surface area contributed by atoms with Crippen molar-refractivity contribution in [3.05, 3.63) is 0 Å². The van der Waals surface area contributed by atoms with Gasteiger partial charge in [0.05, 0.1) is 13.2 Å². The Bertz CT molecular complexity index is 508. The molecule has 0 aromatic carbocycles.